The van der Waals surface area contributed by atoms with E-state index in [0.29, 0.717) is 6.42 Å². The molecule has 1 amide bonds. The molecule has 2 aliphatic rings. The number of anilines is 1. The van der Waals surface area contributed by atoms with Crippen molar-refractivity contribution < 1.29 is 9.53 Å². The van der Waals surface area contributed by atoms with Crippen molar-refractivity contribution >= 4 is 34.2 Å². The van der Waals surface area contributed by atoms with Crippen LogP contribution in [0.4, 0.5) is 5.69 Å². The zero-order valence-corrected chi connectivity index (χ0v) is 17.0. The largest absolute Gasteiger partial charge is 0.483 e. The average Bonchev–Trinajstić information content (AvgIpc) is 2.95. The van der Waals surface area contributed by atoms with Gasteiger partial charge < -0.3 is 14.2 Å². The van der Waals surface area contributed by atoms with Crippen LogP contribution < -0.4 is 9.64 Å². The number of hydrogen-bond acceptors (Lipinski definition) is 3. The SMILES string of the molecule is Cc1cc(Cl)ccc1[C@@H]1CCc2c(N3CCC3=O)cc3c(nc(C)n3C)c2O1. The lowest BCUT2D eigenvalue weighted by Gasteiger charge is -2.36. The third kappa shape index (κ3) is 2.53. The Kier molecular flexibility index (Phi) is 3.91. The highest BCUT2D eigenvalue weighted by atomic mass is 35.5. The molecule has 3 heterocycles. The van der Waals surface area contributed by atoms with Crippen molar-refractivity contribution in [2.45, 2.75) is 39.2 Å². The number of carbonyl (C=O) groups is 1. The smallest absolute Gasteiger partial charge is 0.228 e. The van der Waals surface area contributed by atoms with Gasteiger partial charge in [-0.3, -0.25) is 4.79 Å². The fourth-order valence-electron chi connectivity index (χ4n) is 4.31. The number of aryl methyl sites for hydroxylation is 3. The molecule has 5 rings (SSSR count). The zero-order valence-electron chi connectivity index (χ0n) is 16.3. The summed E-state index contributed by atoms with van der Waals surface area (Å²) >= 11 is 6.14. The lowest BCUT2D eigenvalue weighted by atomic mass is 9.92. The van der Waals surface area contributed by atoms with Crippen LogP contribution >= 0.6 is 11.6 Å². The van der Waals surface area contributed by atoms with E-state index in [1.165, 1.54) is 0 Å². The monoisotopic (exact) mass is 395 g/mol. The summed E-state index contributed by atoms with van der Waals surface area (Å²) in [7, 11) is 2.00. The maximum atomic E-state index is 12.2. The number of hydrogen-bond donors (Lipinski definition) is 0. The standard InChI is InChI=1S/C22H22ClN3O2/c1-12-10-14(23)4-5-15(12)19-7-6-16-17(26-9-8-20(26)27)11-18-21(22(16)28-19)24-13(2)25(18)3/h4-5,10-11,19H,6-9H2,1-3H3/t19-/m0/s1. The number of amides is 1. The Bertz CT molecular complexity index is 1130. The van der Waals surface area contributed by atoms with Crippen LogP contribution in [-0.2, 0) is 18.3 Å². The van der Waals surface area contributed by atoms with Crippen LogP contribution in [0.25, 0.3) is 11.0 Å². The highest BCUT2D eigenvalue weighted by Gasteiger charge is 2.34. The molecule has 2 aromatic carbocycles. The number of fused-ring (bicyclic) bond motifs is 3. The number of nitrogens with zero attached hydrogens (tertiary/aromatic N) is 3. The molecule has 0 radical (unpaired) electrons. The number of benzene rings is 2. The van der Waals surface area contributed by atoms with Crippen molar-refractivity contribution in [1.29, 1.82) is 0 Å². The van der Waals surface area contributed by atoms with E-state index < -0.39 is 0 Å². The second kappa shape index (κ2) is 6.24. The minimum absolute atomic E-state index is 0.0439. The van der Waals surface area contributed by atoms with Gasteiger partial charge in [0.1, 0.15) is 17.4 Å². The molecule has 0 bridgehead atoms. The molecule has 6 heteroatoms. The van der Waals surface area contributed by atoms with Crippen molar-refractivity contribution in [2.75, 3.05) is 11.4 Å². The lowest BCUT2D eigenvalue weighted by molar-refractivity contribution is -0.122. The molecule has 0 aliphatic carbocycles. The summed E-state index contributed by atoms with van der Waals surface area (Å²) in [5.74, 6) is 1.93. The first-order chi connectivity index (χ1) is 13.4. The van der Waals surface area contributed by atoms with E-state index >= 15 is 0 Å². The third-order valence-corrected chi connectivity index (χ3v) is 6.31. The summed E-state index contributed by atoms with van der Waals surface area (Å²) in [5, 5.41) is 0.735. The molecule has 5 nitrogen and oxygen atoms in total. The molecule has 144 valence electrons. The van der Waals surface area contributed by atoms with E-state index in [1.54, 1.807) is 0 Å². The minimum atomic E-state index is -0.0439. The first kappa shape index (κ1) is 17.6. The molecule has 1 atom stereocenters. The van der Waals surface area contributed by atoms with Gasteiger partial charge in [0, 0.05) is 30.6 Å². The van der Waals surface area contributed by atoms with Crippen LogP contribution in [0.5, 0.6) is 5.75 Å². The van der Waals surface area contributed by atoms with Crippen molar-refractivity contribution in [3.8, 4) is 5.75 Å². The van der Waals surface area contributed by atoms with Crippen molar-refractivity contribution in [2.24, 2.45) is 7.05 Å². The molecule has 2 aliphatic heterocycles. The summed E-state index contributed by atoms with van der Waals surface area (Å²) < 4.78 is 8.62. The van der Waals surface area contributed by atoms with Crippen LogP contribution in [0.2, 0.25) is 5.02 Å². The number of carbonyl (C=O) groups excluding carboxylic acids is 1. The molecule has 0 spiro atoms. The Morgan fingerprint density at radius 3 is 2.71 bits per heavy atom. The van der Waals surface area contributed by atoms with Gasteiger partial charge in [0.2, 0.25) is 5.91 Å². The van der Waals surface area contributed by atoms with Crippen LogP contribution in [0.1, 0.15) is 41.5 Å². The van der Waals surface area contributed by atoms with Crippen LogP contribution in [-0.4, -0.2) is 22.0 Å². The first-order valence-electron chi connectivity index (χ1n) is 9.66. The highest BCUT2D eigenvalue weighted by molar-refractivity contribution is 6.30. The van der Waals surface area contributed by atoms with Gasteiger partial charge in [0.15, 0.2) is 5.75 Å². The molecule has 28 heavy (non-hydrogen) atoms. The lowest BCUT2D eigenvalue weighted by Crippen LogP contribution is -2.44. The number of halogens is 1. The maximum Gasteiger partial charge on any atom is 0.228 e. The van der Waals surface area contributed by atoms with Crippen LogP contribution in [0, 0.1) is 13.8 Å². The van der Waals surface area contributed by atoms with E-state index in [2.05, 4.69) is 23.6 Å². The number of aromatic nitrogens is 2. The Hall–Kier alpha value is -2.53. The van der Waals surface area contributed by atoms with Crippen LogP contribution in [0.3, 0.4) is 0 Å². The third-order valence-electron chi connectivity index (χ3n) is 6.07. The van der Waals surface area contributed by atoms with Gasteiger partial charge in [0.05, 0.1) is 11.2 Å². The van der Waals surface area contributed by atoms with Crippen LogP contribution in [0.15, 0.2) is 24.3 Å². The molecule has 0 N–H and O–H groups in total. The number of ether oxygens (including phenoxy) is 1. The summed E-state index contributed by atoms with van der Waals surface area (Å²) in [6.45, 7) is 4.83. The van der Waals surface area contributed by atoms with Gasteiger partial charge in [-0.1, -0.05) is 17.7 Å². The molecule has 1 aromatic heterocycles. The molecule has 3 aromatic rings. The molecule has 1 saturated heterocycles. The Labute approximate surface area is 168 Å². The number of imidazole rings is 1. The van der Waals surface area contributed by atoms with E-state index in [1.807, 2.05) is 31.0 Å². The molecular formula is C22H22ClN3O2. The van der Waals surface area contributed by atoms with Crippen molar-refractivity contribution in [3.63, 3.8) is 0 Å². The molecule has 1 fully saturated rings. The summed E-state index contributed by atoms with van der Waals surface area (Å²) in [6, 6.07) is 8.04. The highest BCUT2D eigenvalue weighted by Crippen LogP contribution is 2.46. The molecule has 0 saturated carbocycles. The van der Waals surface area contributed by atoms with E-state index in [0.717, 1.165) is 69.4 Å². The maximum absolute atomic E-state index is 12.2. The average molecular weight is 396 g/mol. The molecule has 0 unspecified atom stereocenters. The number of rotatable bonds is 2. The van der Waals surface area contributed by atoms with Gasteiger partial charge in [0.25, 0.3) is 0 Å². The van der Waals surface area contributed by atoms with Crippen molar-refractivity contribution in [1.82, 2.24) is 9.55 Å². The van der Waals surface area contributed by atoms with Gasteiger partial charge >= 0.3 is 0 Å². The predicted molar refractivity (Wildman–Crippen MR) is 110 cm³/mol. The first-order valence-corrected chi connectivity index (χ1v) is 10.0. The van der Waals surface area contributed by atoms with E-state index in [4.69, 9.17) is 21.3 Å². The Morgan fingerprint density at radius 2 is 2.04 bits per heavy atom. The fraction of sp³-hybridized carbons (Fsp3) is 0.364. The topological polar surface area (TPSA) is 47.4 Å². The molecular weight excluding hydrogens is 374 g/mol. The van der Waals surface area contributed by atoms with E-state index in [-0.39, 0.29) is 12.0 Å². The van der Waals surface area contributed by atoms with Crippen molar-refractivity contribution in [3.05, 3.63) is 51.8 Å². The summed E-state index contributed by atoms with van der Waals surface area (Å²) in [6.07, 6.45) is 2.29. The van der Waals surface area contributed by atoms with Gasteiger partial charge in [-0.05, 0) is 56.0 Å². The Morgan fingerprint density at radius 1 is 1.21 bits per heavy atom. The second-order valence-electron chi connectivity index (χ2n) is 7.73. The fourth-order valence-corrected chi connectivity index (χ4v) is 4.54. The summed E-state index contributed by atoms with van der Waals surface area (Å²) in [4.78, 5) is 18.8. The summed E-state index contributed by atoms with van der Waals surface area (Å²) in [5.41, 5.74) is 6.24. The predicted octanol–water partition coefficient (Wildman–Crippen LogP) is 4.65. The van der Waals surface area contributed by atoms with Gasteiger partial charge in [-0.15, -0.1) is 0 Å². The normalized spacial score (nSPS) is 18.8. The van der Waals surface area contributed by atoms with Gasteiger partial charge in [-0.2, -0.15) is 0 Å². The van der Waals surface area contributed by atoms with E-state index in [9.17, 15) is 4.79 Å². The minimum Gasteiger partial charge on any atom is -0.483 e. The zero-order chi connectivity index (χ0) is 19.6. The number of β-lactam (4-membered cyclic amide) rings is 1. The second-order valence-corrected chi connectivity index (χ2v) is 8.17. The Balaban J connectivity index is 1.66. The van der Waals surface area contributed by atoms with Gasteiger partial charge in [-0.25, -0.2) is 4.98 Å². The quantitative estimate of drug-likeness (QED) is 0.593.